The predicted octanol–water partition coefficient (Wildman–Crippen LogP) is 5.03. The minimum atomic E-state index is -2.77. The second kappa shape index (κ2) is 10.6. The fourth-order valence-electron chi connectivity index (χ4n) is 7.38. The zero-order chi connectivity index (χ0) is 29.8. The Morgan fingerprint density at radius 2 is 1.76 bits per heavy atom. The number of aliphatic hydroxyl groups is 1. The number of carbonyl (C=O) groups excluding carboxylic acids is 2. The molecule has 1 saturated heterocycles. The molecule has 9 heteroatoms. The third kappa shape index (κ3) is 4.46. The van der Waals surface area contributed by atoms with E-state index in [0.29, 0.717) is 25.1 Å². The first-order valence-electron chi connectivity index (χ1n) is 14.6. The number of fused-ring (bicyclic) bond motifs is 3. The molecular weight excluding hydrogens is 548 g/mol. The SMILES string of the molecule is COc1ccc2c(c1)[C@@]1(O[C@H](CCO)[C@@H]([Si](C)(C)O)[C@@H]1C)C(=O)N2Cc1ccc(N2C(=O)CCc3ccccc32)cc1. The van der Waals surface area contributed by atoms with Gasteiger partial charge in [-0.3, -0.25) is 14.5 Å². The molecular formula is C33H38N2O6Si. The van der Waals surface area contributed by atoms with Crippen LogP contribution >= 0.6 is 0 Å². The molecule has 1 spiro atoms. The summed E-state index contributed by atoms with van der Waals surface area (Å²) in [6.07, 6.45) is 1.11. The standard InChI is InChI=1S/C33H38N2O6Si/c1-21-31(42(3,4)39)29(17-18-36)41-33(21)26-19-25(40-2)14-15-28(26)34(32(33)38)20-22-9-12-24(13-10-22)35-27-8-6-5-7-23(27)11-16-30(35)37/h5-10,12-15,19,21,29,31,36,39H,11,16-18,20H2,1-4H3/t21-,29+,31-,33+/m0/s1. The first kappa shape index (κ1) is 28.6. The third-order valence-electron chi connectivity index (χ3n) is 9.23. The van der Waals surface area contributed by atoms with Gasteiger partial charge in [-0.05, 0) is 73.5 Å². The lowest BCUT2D eigenvalue weighted by Gasteiger charge is -2.32. The molecule has 2 N–H and O–H groups in total. The number of rotatable bonds is 7. The van der Waals surface area contributed by atoms with E-state index in [1.165, 1.54) is 0 Å². The maximum absolute atomic E-state index is 14.5. The predicted molar refractivity (Wildman–Crippen MR) is 163 cm³/mol. The van der Waals surface area contributed by atoms with Crippen molar-refractivity contribution in [3.8, 4) is 5.75 Å². The Morgan fingerprint density at radius 1 is 1.02 bits per heavy atom. The number of benzene rings is 3. The fourth-order valence-corrected chi connectivity index (χ4v) is 9.98. The van der Waals surface area contributed by atoms with Crippen LogP contribution in [0.1, 0.15) is 36.5 Å². The highest BCUT2D eigenvalue weighted by Crippen LogP contribution is 2.60. The Hall–Kier alpha value is -3.50. The van der Waals surface area contributed by atoms with Gasteiger partial charge in [-0.15, -0.1) is 0 Å². The van der Waals surface area contributed by atoms with E-state index in [0.717, 1.165) is 40.2 Å². The fraction of sp³-hybridized carbons (Fsp3) is 0.394. The van der Waals surface area contributed by atoms with Crippen molar-refractivity contribution in [1.82, 2.24) is 0 Å². The maximum Gasteiger partial charge on any atom is 0.264 e. The molecule has 0 saturated carbocycles. The Labute approximate surface area is 247 Å². The number of carbonyl (C=O) groups is 2. The largest absolute Gasteiger partial charge is 0.497 e. The number of hydrogen-bond acceptors (Lipinski definition) is 6. The van der Waals surface area contributed by atoms with Crippen molar-refractivity contribution in [3.63, 3.8) is 0 Å². The summed E-state index contributed by atoms with van der Waals surface area (Å²) >= 11 is 0. The summed E-state index contributed by atoms with van der Waals surface area (Å²) in [5, 5.41) is 9.82. The zero-order valence-electron chi connectivity index (χ0n) is 24.5. The molecule has 220 valence electrons. The number of para-hydroxylation sites is 1. The van der Waals surface area contributed by atoms with Crippen LogP contribution in [0.2, 0.25) is 18.6 Å². The van der Waals surface area contributed by atoms with E-state index < -0.39 is 20.0 Å². The van der Waals surface area contributed by atoms with Gasteiger partial charge in [0, 0.05) is 35.7 Å². The highest BCUT2D eigenvalue weighted by Gasteiger charge is 2.66. The second-order valence-corrected chi connectivity index (χ2v) is 16.1. The third-order valence-corrected chi connectivity index (χ3v) is 11.7. The molecule has 8 nitrogen and oxygen atoms in total. The molecule has 3 heterocycles. The number of nitrogens with zero attached hydrogens (tertiary/aromatic N) is 2. The average molecular weight is 587 g/mol. The van der Waals surface area contributed by atoms with Crippen LogP contribution in [-0.4, -0.2) is 49.9 Å². The molecule has 2 amide bonds. The van der Waals surface area contributed by atoms with Gasteiger partial charge in [0.1, 0.15) is 5.75 Å². The Bertz CT molecular complexity index is 1520. The van der Waals surface area contributed by atoms with Crippen molar-refractivity contribution in [2.24, 2.45) is 5.92 Å². The first-order chi connectivity index (χ1) is 20.1. The first-order valence-corrected chi connectivity index (χ1v) is 17.6. The molecule has 6 rings (SSSR count). The van der Waals surface area contributed by atoms with Crippen LogP contribution in [0.15, 0.2) is 66.7 Å². The number of aryl methyl sites for hydroxylation is 1. The van der Waals surface area contributed by atoms with E-state index in [-0.39, 0.29) is 29.9 Å². The van der Waals surface area contributed by atoms with Crippen molar-refractivity contribution < 1.29 is 29.0 Å². The molecule has 0 bridgehead atoms. The van der Waals surface area contributed by atoms with Gasteiger partial charge in [0.15, 0.2) is 13.9 Å². The highest BCUT2D eigenvalue weighted by molar-refractivity contribution is 6.71. The Balaban J connectivity index is 1.35. The minimum absolute atomic E-state index is 0.0655. The van der Waals surface area contributed by atoms with Crippen LogP contribution in [0.25, 0.3) is 0 Å². The normalized spacial score (nSPS) is 25.2. The molecule has 1 fully saturated rings. The van der Waals surface area contributed by atoms with E-state index in [2.05, 4.69) is 6.07 Å². The summed E-state index contributed by atoms with van der Waals surface area (Å²) in [5.74, 6) is 0.204. The quantitative estimate of drug-likeness (QED) is 0.377. The molecule has 42 heavy (non-hydrogen) atoms. The number of amides is 2. The summed E-state index contributed by atoms with van der Waals surface area (Å²) in [6, 6.07) is 21.4. The molecule has 3 aromatic carbocycles. The molecule has 4 atom stereocenters. The van der Waals surface area contributed by atoms with Gasteiger partial charge >= 0.3 is 0 Å². The topological polar surface area (TPSA) is 99.5 Å². The lowest BCUT2D eigenvalue weighted by Crippen LogP contribution is -2.46. The summed E-state index contributed by atoms with van der Waals surface area (Å²) in [4.78, 5) is 42.2. The molecule has 3 aliphatic heterocycles. The van der Waals surface area contributed by atoms with Gasteiger partial charge in [-0.25, -0.2) is 0 Å². The Kier molecular flexibility index (Phi) is 7.25. The van der Waals surface area contributed by atoms with Crippen LogP contribution in [0, 0.1) is 5.92 Å². The van der Waals surface area contributed by atoms with Crippen molar-refractivity contribution in [3.05, 3.63) is 83.4 Å². The van der Waals surface area contributed by atoms with Gasteiger partial charge < -0.3 is 24.3 Å². The van der Waals surface area contributed by atoms with Crippen molar-refractivity contribution >= 4 is 37.2 Å². The summed E-state index contributed by atoms with van der Waals surface area (Å²) in [5.41, 5.74) is 3.72. The summed E-state index contributed by atoms with van der Waals surface area (Å²) < 4.78 is 12.2. The molecule has 0 radical (unpaired) electrons. The summed E-state index contributed by atoms with van der Waals surface area (Å²) in [6.45, 7) is 5.96. The number of anilines is 3. The monoisotopic (exact) mass is 586 g/mol. The number of hydrogen-bond donors (Lipinski definition) is 2. The zero-order valence-corrected chi connectivity index (χ0v) is 25.5. The smallest absolute Gasteiger partial charge is 0.264 e. The van der Waals surface area contributed by atoms with Gasteiger partial charge in [-0.1, -0.05) is 37.3 Å². The molecule has 3 aromatic rings. The van der Waals surface area contributed by atoms with Crippen molar-refractivity contribution in [1.29, 1.82) is 0 Å². The minimum Gasteiger partial charge on any atom is -0.497 e. The molecule has 0 aliphatic carbocycles. The van der Waals surface area contributed by atoms with Gasteiger partial charge in [0.2, 0.25) is 5.91 Å². The maximum atomic E-state index is 14.5. The van der Waals surface area contributed by atoms with E-state index in [1.54, 1.807) is 16.9 Å². The van der Waals surface area contributed by atoms with Crippen molar-refractivity contribution in [2.75, 3.05) is 23.5 Å². The molecule has 3 aliphatic rings. The lowest BCUT2D eigenvalue weighted by molar-refractivity contribution is -0.146. The molecule has 0 unspecified atom stereocenters. The number of aliphatic hydroxyl groups excluding tert-OH is 1. The van der Waals surface area contributed by atoms with Crippen LogP contribution in [0.5, 0.6) is 5.75 Å². The van der Waals surface area contributed by atoms with Crippen LogP contribution in [0.4, 0.5) is 17.1 Å². The van der Waals surface area contributed by atoms with Crippen molar-refractivity contribution in [2.45, 2.75) is 63.1 Å². The number of methoxy groups -OCH3 is 1. The second-order valence-electron chi connectivity index (χ2n) is 12.2. The lowest BCUT2D eigenvalue weighted by atomic mass is 9.82. The van der Waals surface area contributed by atoms with Crippen LogP contribution < -0.4 is 14.5 Å². The van der Waals surface area contributed by atoms with E-state index >= 15 is 0 Å². The van der Waals surface area contributed by atoms with Gasteiger partial charge in [0.05, 0.1) is 31.1 Å². The number of ether oxygens (including phenoxy) is 2. The average Bonchev–Trinajstić information content (AvgIpc) is 3.40. The van der Waals surface area contributed by atoms with Crippen LogP contribution in [-0.2, 0) is 32.9 Å². The van der Waals surface area contributed by atoms with Crippen LogP contribution in [0.3, 0.4) is 0 Å². The summed E-state index contributed by atoms with van der Waals surface area (Å²) in [7, 11) is -1.18. The highest BCUT2D eigenvalue weighted by atomic mass is 28.4. The van der Waals surface area contributed by atoms with E-state index in [9.17, 15) is 19.5 Å². The van der Waals surface area contributed by atoms with E-state index in [1.807, 2.05) is 80.7 Å². The molecule has 0 aromatic heterocycles. The van der Waals surface area contributed by atoms with E-state index in [4.69, 9.17) is 9.47 Å². The van der Waals surface area contributed by atoms with Gasteiger partial charge in [0.25, 0.3) is 5.91 Å². The van der Waals surface area contributed by atoms with Gasteiger partial charge in [-0.2, -0.15) is 0 Å². The Morgan fingerprint density at radius 3 is 2.45 bits per heavy atom.